The van der Waals surface area contributed by atoms with E-state index in [-0.39, 0.29) is 16.8 Å². The van der Waals surface area contributed by atoms with Crippen LogP contribution < -0.4 is 14.4 Å². The predicted octanol–water partition coefficient (Wildman–Crippen LogP) is 4.71. The van der Waals surface area contributed by atoms with Gasteiger partial charge in [0.15, 0.2) is 0 Å². The maximum Gasteiger partial charge on any atom is 0.264 e. The fourth-order valence-electron chi connectivity index (χ4n) is 3.23. The van der Waals surface area contributed by atoms with Crippen molar-refractivity contribution in [2.75, 3.05) is 18.0 Å². The summed E-state index contributed by atoms with van der Waals surface area (Å²) in [6.07, 6.45) is 0. The van der Waals surface area contributed by atoms with Gasteiger partial charge in [0.05, 0.1) is 23.2 Å². The Morgan fingerprint density at radius 2 is 1.69 bits per heavy atom. The maximum atomic E-state index is 12.9. The van der Waals surface area contributed by atoms with Crippen molar-refractivity contribution in [1.82, 2.24) is 5.32 Å². The van der Waals surface area contributed by atoms with Crippen LogP contribution in [0.2, 0.25) is 0 Å². The molecular formula is C25H28N2O4S. The lowest BCUT2D eigenvalue weighted by atomic mass is 10.1. The van der Waals surface area contributed by atoms with Gasteiger partial charge in [0.2, 0.25) is 0 Å². The van der Waals surface area contributed by atoms with Gasteiger partial charge in [-0.15, -0.1) is 0 Å². The van der Waals surface area contributed by atoms with Crippen LogP contribution in [0.1, 0.15) is 41.4 Å². The summed E-state index contributed by atoms with van der Waals surface area (Å²) < 4.78 is 32.5. The summed E-state index contributed by atoms with van der Waals surface area (Å²) in [7, 11) is -2.19. The van der Waals surface area contributed by atoms with E-state index in [2.05, 4.69) is 5.32 Å². The molecule has 0 aliphatic rings. The van der Waals surface area contributed by atoms with E-state index in [4.69, 9.17) is 4.74 Å². The molecule has 0 radical (unpaired) electrons. The van der Waals surface area contributed by atoms with Crippen LogP contribution in [-0.4, -0.2) is 28.0 Å². The normalized spacial score (nSPS) is 12.1. The molecule has 0 saturated heterocycles. The summed E-state index contributed by atoms with van der Waals surface area (Å²) in [4.78, 5) is 12.9. The first kappa shape index (κ1) is 23.3. The number of nitrogens with zero attached hydrogens (tertiary/aromatic N) is 1. The van der Waals surface area contributed by atoms with E-state index in [9.17, 15) is 13.2 Å². The summed E-state index contributed by atoms with van der Waals surface area (Å²) in [6, 6.07) is 20.6. The van der Waals surface area contributed by atoms with Crippen LogP contribution in [0.5, 0.6) is 5.75 Å². The highest BCUT2D eigenvalue weighted by Crippen LogP contribution is 2.23. The van der Waals surface area contributed by atoms with Crippen molar-refractivity contribution in [3.05, 3.63) is 89.5 Å². The van der Waals surface area contributed by atoms with Crippen molar-refractivity contribution in [1.29, 1.82) is 0 Å². The average molecular weight is 453 g/mol. The lowest BCUT2D eigenvalue weighted by Gasteiger charge is -2.20. The minimum atomic E-state index is -3.68. The molecule has 0 spiro atoms. The number of rotatable bonds is 8. The molecule has 1 N–H and O–H groups in total. The minimum absolute atomic E-state index is 0.216. The van der Waals surface area contributed by atoms with Crippen molar-refractivity contribution < 1.29 is 17.9 Å². The number of aryl methyl sites for hydroxylation is 1. The van der Waals surface area contributed by atoms with E-state index in [0.717, 1.165) is 16.9 Å². The average Bonchev–Trinajstić information content (AvgIpc) is 2.79. The first-order valence-electron chi connectivity index (χ1n) is 10.4. The Bertz CT molecular complexity index is 1170. The number of hydrogen-bond acceptors (Lipinski definition) is 4. The van der Waals surface area contributed by atoms with E-state index in [0.29, 0.717) is 17.9 Å². The van der Waals surface area contributed by atoms with Crippen LogP contribution in [0.25, 0.3) is 0 Å². The van der Waals surface area contributed by atoms with Crippen LogP contribution in [0.4, 0.5) is 5.69 Å². The first-order chi connectivity index (χ1) is 15.2. The van der Waals surface area contributed by atoms with Crippen LogP contribution in [0.15, 0.2) is 77.7 Å². The van der Waals surface area contributed by atoms with Crippen LogP contribution in [-0.2, 0) is 10.0 Å². The highest BCUT2D eigenvalue weighted by Gasteiger charge is 2.21. The van der Waals surface area contributed by atoms with Gasteiger partial charge >= 0.3 is 0 Å². The van der Waals surface area contributed by atoms with Gasteiger partial charge in [0.25, 0.3) is 15.9 Å². The van der Waals surface area contributed by atoms with Gasteiger partial charge in [0.1, 0.15) is 5.75 Å². The fraction of sp³-hybridized carbons (Fsp3) is 0.240. The van der Waals surface area contributed by atoms with Crippen LogP contribution >= 0.6 is 0 Å². The number of anilines is 1. The summed E-state index contributed by atoms with van der Waals surface area (Å²) in [5.41, 5.74) is 2.84. The smallest absolute Gasteiger partial charge is 0.264 e. The third-order valence-electron chi connectivity index (χ3n) is 5.19. The highest BCUT2D eigenvalue weighted by molar-refractivity contribution is 7.92. The number of carbonyl (C=O) groups excluding carboxylic acids is 1. The molecule has 6 nitrogen and oxygen atoms in total. The van der Waals surface area contributed by atoms with Crippen molar-refractivity contribution in [2.45, 2.75) is 31.7 Å². The number of nitrogens with one attached hydrogen (secondary N) is 1. The first-order valence-corrected chi connectivity index (χ1v) is 11.9. The zero-order valence-corrected chi connectivity index (χ0v) is 19.5. The Morgan fingerprint density at radius 3 is 2.31 bits per heavy atom. The third-order valence-corrected chi connectivity index (χ3v) is 6.99. The lowest BCUT2D eigenvalue weighted by Crippen LogP contribution is -2.28. The topological polar surface area (TPSA) is 75.7 Å². The predicted molar refractivity (Wildman–Crippen MR) is 127 cm³/mol. The molecule has 0 fully saturated rings. The molecule has 1 amide bonds. The number of carbonyl (C=O) groups is 1. The number of ether oxygens (including phenoxy) is 1. The van der Waals surface area contributed by atoms with Crippen LogP contribution in [0.3, 0.4) is 0 Å². The summed E-state index contributed by atoms with van der Waals surface area (Å²) in [5, 5.41) is 2.97. The zero-order chi connectivity index (χ0) is 23.3. The largest absolute Gasteiger partial charge is 0.494 e. The standard InChI is InChI=1S/C25H28N2O4S/c1-5-31-23-8-6-7-21(17-23)19(3)26-25(28)20-11-13-22(14-12-20)27(4)32(29,30)24-15-9-18(2)10-16-24/h6-17,19H,5H2,1-4H3,(H,26,28). The van der Waals surface area contributed by atoms with E-state index in [1.807, 2.05) is 45.0 Å². The Labute approximate surface area is 189 Å². The molecule has 7 heteroatoms. The Hall–Kier alpha value is -3.32. The van der Waals surface area contributed by atoms with Gasteiger partial charge in [-0.1, -0.05) is 29.8 Å². The van der Waals surface area contributed by atoms with E-state index < -0.39 is 10.0 Å². The molecule has 0 aliphatic heterocycles. The Kier molecular flexibility index (Phi) is 7.20. The molecule has 3 rings (SSSR count). The molecule has 1 atom stereocenters. The van der Waals surface area contributed by atoms with Gasteiger partial charge in [-0.05, 0) is 74.9 Å². The molecule has 0 bridgehead atoms. The molecule has 0 aromatic heterocycles. The number of hydrogen-bond donors (Lipinski definition) is 1. The SMILES string of the molecule is CCOc1cccc(C(C)NC(=O)c2ccc(N(C)S(=O)(=O)c3ccc(C)cc3)cc2)c1. The monoisotopic (exact) mass is 452 g/mol. The van der Waals surface area contributed by atoms with Gasteiger partial charge in [-0.2, -0.15) is 0 Å². The lowest BCUT2D eigenvalue weighted by molar-refractivity contribution is 0.0940. The van der Waals surface area contributed by atoms with Gasteiger partial charge in [-0.3, -0.25) is 9.10 Å². The van der Waals surface area contributed by atoms with Gasteiger partial charge in [0, 0.05) is 12.6 Å². The highest BCUT2D eigenvalue weighted by atomic mass is 32.2. The number of sulfonamides is 1. The number of benzene rings is 3. The molecule has 32 heavy (non-hydrogen) atoms. The van der Waals surface area contributed by atoms with Crippen molar-refractivity contribution in [3.63, 3.8) is 0 Å². The third kappa shape index (κ3) is 5.29. The minimum Gasteiger partial charge on any atom is -0.494 e. The summed E-state index contributed by atoms with van der Waals surface area (Å²) >= 11 is 0. The van der Waals surface area contributed by atoms with Crippen molar-refractivity contribution >= 4 is 21.6 Å². The van der Waals surface area contributed by atoms with Gasteiger partial charge in [-0.25, -0.2) is 8.42 Å². The van der Waals surface area contributed by atoms with E-state index >= 15 is 0 Å². The van der Waals surface area contributed by atoms with Crippen LogP contribution in [0, 0.1) is 6.92 Å². The quantitative estimate of drug-likeness (QED) is 0.537. The Balaban J connectivity index is 1.71. The van der Waals surface area contributed by atoms with E-state index in [1.165, 1.54) is 11.4 Å². The second kappa shape index (κ2) is 9.87. The van der Waals surface area contributed by atoms with Crippen molar-refractivity contribution in [2.24, 2.45) is 0 Å². The molecule has 1 unspecified atom stereocenters. The second-order valence-corrected chi connectivity index (χ2v) is 9.50. The molecule has 3 aromatic carbocycles. The van der Waals surface area contributed by atoms with E-state index in [1.54, 1.807) is 48.5 Å². The second-order valence-electron chi connectivity index (χ2n) is 7.53. The maximum absolute atomic E-state index is 12.9. The number of amides is 1. The molecule has 0 saturated carbocycles. The molecular weight excluding hydrogens is 424 g/mol. The summed E-state index contributed by atoms with van der Waals surface area (Å²) in [5.74, 6) is 0.517. The molecule has 3 aromatic rings. The molecule has 168 valence electrons. The molecule has 0 heterocycles. The molecule has 0 aliphatic carbocycles. The zero-order valence-electron chi connectivity index (χ0n) is 18.7. The Morgan fingerprint density at radius 1 is 1.03 bits per heavy atom. The van der Waals surface area contributed by atoms with Crippen molar-refractivity contribution in [3.8, 4) is 5.75 Å². The summed E-state index contributed by atoms with van der Waals surface area (Å²) in [6.45, 7) is 6.30. The fourth-order valence-corrected chi connectivity index (χ4v) is 4.43. The van der Waals surface area contributed by atoms with Gasteiger partial charge < -0.3 is 10.1 Å².